The lowest BCUT2D eigenvalue weighted by Crippen LogP contribution is -2.17. The normalized spacial score (nSPS) is 10.6. The Morgan fingerprint density at radius 1 is 0.929 bits per heavy atom. The second-order valence-corrected chi connectivity index (χ2v) is 6.80. The molecule has 0 bridgehead atoms. The molecule has 5 heteroatoms. The molecule has 4 nitrogen and oxygen atoms in total. The van der Waals surface area contributed by atoms with Crippen molar-refractivity contribution < 1.29 is 4.79 Å². The molecule has 1 heterocycles. The molecule has 1 N–H and O–H groups in total. The molecular weight excluding hydrogens is 370 g/mol. The number of nitrogens with zero attached hydrogens (tertiary/aromatic N) is 2. The Morgan fingerprint density at radius 3 is 2.32 bits per heavy atom. The van der Waals surface area contributed by atoms with Crippen LogP contribution in [0.1, 0.15) is 16.1 Å². The minimum atomic E-state index is -0.246. The average molecular weight is 388 g/mol. The summed E-state index contributed by atoms with van der Waals surface area (Å²) in [5, 5.41) is 8.25. The van der Waals surface area contributed by atoms with Gasteiger partial charge in [0.15, 0.2) is 0 Å². The highest BCUT2D eigenvalue weighted by Crippen LogP contribution is 2.25. The molecule has 0 saturated carbocycles. The van der Waals surface area contributed by atoms with Gasteiger partial charge in [-0.3, -0.25) is 4.79 Å². The van der Waals surface area contributed by atoms with Gasteiger partial charge in [-0.25, -0.2) is 4.68 Å². The molecule has 4 aromatic rings. The molecule has 1 aromatic heterocycles. The number of para-hydroxylation sites is 1. The minimum absolute atomic E-state index is 0.246. The first-order chi connectivity index (χ1) is 13.6. The fraction of sp³-hybridized carbons (Fsp3) is 0.0435. The van der Waals surface area contributed by atoms with Crippen LogP contribution in [0.2, 0.25) is 5.02 Å². The van der Waals surface area contributed by atoms with Crippen LogP contribution in [0.25, 0.3) is 16.9 Å². The molecule has 0 aliphatic carbocycles. The van der Waals surface area contributed by atoms with Crippen LogP contribution in [-0.2, 0) is 0 Å². The van der Waals surface area contributed by atoms with Gasteiger partial charge >= 0.3 is 0 Å². The summed E-state index contributed by atoms with van der Waals surface area (Å²) in [5.74, 6) is -0.246. The Balaban J connectivity index is 1.77. The first-order valence-electron chi connectivity index (χ1n) is 8.91. The van der Waals surface area contributed by atoms with Crippen molar-refractivity contribution in [1.29, 1.82) is 0 Å². The monoisotopic (exact) mass is 387 g/mol. The van der Waals surface area contributed by atoms with E-state index in [4.69, 9.17) is 11.6 Å². The van der Waals surface area contributed by atoms with Gasteiger partial charge in [0.1, 0.15) is 5.69 Å². The first kappa shape index (κ1) is 18.0. The van der Waals surface area contributed by atoms with Crippen molar-refractivity contribution in [2.45, 2.75) is 6.92 Å². The van der Waals surface area contributed by atoms with E-state index in [1.807, 2.05) is 79.7 Å². The Hall–Kier alpha value is -3.37. The average Bonchev–Trinajstić information content (AvgIpc) is 3.18. The Kier molecular flexibility index (Phi) is 4.96. The van der Waals surface area contributed by atoms with Gasteiger partial charge < -0.3 is 5.32 Å². The van der Waals surface area contributed by atoms with E-state index < -0.39 is 0 Å². The van der Waals surface area contributed by atoms with E-state index >= 15 is 0 Å². The van der Waals surface area contributed by atoms with Gasteiger partial charge in [0.25, 0.3) is 5.91 Å². The van der Waals surface area contributed by atoms with Gasteiger partial charge in [-0.15, -0.1) is 0 Å². The molecule has 0 aliphatic rings. The fourth-order valence-electron chi connectivity index (χ4n) is 2.99. The van der Waals surface area contributed by atoms with Crippen molar-refractivity contribution in [3.8, 4) is 16.9 Å². The standard InChI is InChI=1S/C23H18ClN3O/c1-16-19(24)13-8-14-20(16)25-23(28)22-15-21(17-9-4-2-5-10-17)26-27(22)18-11-6-3-7-12-18/h2-15H,1H3,(H,25,28). The van der Waals surface area contributed by atoms with Gasteiger partial charge in [0.05, 0.1) is 11.4 Å². The molecule has 28 heavy (non-hydrogen) atoms. The van der Waals surface area contributed by atoms with E-state index in [2.05, 4.69) is 10.4 Å². The highest BCUT2D eigenvalue weighted by atomic mass is 35.5. The fourth-order valence-corrected chi connectivity index (χ4v) is 3.16. The zero-order chi connectivity index (χ0) is 19.5. The van der Waals surface area contributed by atoms with Crippen molar-refractivity contribution in [1.82, 2.24) is 9.78 Å². The number of carbonyl (C=O) groups is 1. The lowest BCUT2D eigenvalue weighted by Gasteiger charge is -2.11. The van der Waals surface area contributed by atoms with Crippen LogP contribution in [-0.4, -0.2) is 15.7 Å². The molecule has 0 radical (unpaired) electrons. The summed E-state index contributed by atoms with van der Waals surface area (Å²) in [4.78, 5) is 13.1. The van der Waals surface area contributed by atoms with Crippen LogP contribution in [0.5, 0.6) is 0 Å². The molecule has 0 aliphatic heterocycles. The smallest absolute Gasteiger partial charge is 0.274 e. The zero-order valence-corrected chi connectivity index (χ0v) is 16.0. The minimum Gasteiger partial charge on any atom is -0.320 e. The predicted octanol–water partition coefficient (Wildman–Crippen LogP) is 5.75. The summed E-state index contributed by atoms with van der Waals surface area (Å²) in [5.41, 5.74) is 4.45. The molecule has 0 saturated heterocycles. The number of carbonyl (C=O) groups excluding carboxylic acids is 1. The lowest BCUT2D eigenvalue weighted by atomic mass is 10.1. The maximum Gasteiger partial charge on any atom is 0.274 e. The number of rotatable bonds is 4. The quantitative estimate of drug-likeness (QED) is 0.484. The molecule has 0 spiro atoms. The molecular formula is C23H18ClN3O. The summed E-state index contributed by atoms with van der Waals surface area (Å²) in [7, 11) is 0. The number of hydrogen-bond donors (Lipinski definition) is 1. The summed E-state index contributed by atoms with van der Waals surface area (Å²) in [6.07, 6.45) is 0. The number of amides is 1. The largest absolute Gasteiger partial charge is 0.320 e. The van der Waals surface area contributed by atoms with Crippen LogP contribution in [0.15, 0.2) is 84.9 Å². The van der Waals surface area contributed by atoms with Crippen LogP contribution in [0.4, 0.5) is 5.69 Å². The number of hydrogen-bond acceptors (Lipinski definition) is 2. The first-order valence-corrected chi connectivity index (χ1v) is 9.28. The SMILES string of the molecule is Cc1c(Cl)cccc1NC(=O)c1cc(-c2ccccc2)nn1-c1ccccc1. The topological polar surface area (TPSA) is 46.9 Å². The summed E-state index contributed by atoms with van der Waals surface area (Å²) in [6, 6.07) is 26.7. The van der Waals surface area contributed by atoms with Crippen molar-refractivity contribution >= 4 is 23.2 Å². The number of aromatic nitrogens is 2. The molecule has 0 unspecified atom stereocenters. The molecule has 138 valence electrons. The van der Waals surface area contributed by atoms with E-state index in [9.17, 15) is 4.79 Å². The van der Waals surface area contributed by atoms with Gasteiger partial charge in [-0.1, -0.05) is 66.2 Å². The summed E-state index contributed by atoms with van der Waals surface area (Å²) in [6.45, 7) is 1.88. The third-order valence-electron chi connectivity index (χ3n) is 4.53. The number of nitrogens with one attached hydrogen (secondary N) is 1. The van der Waals surface area contributed by atoms with Gasteiger partial charge in [0, 0.05) is 16.3 Å². The van der Waals surface area contributed by atoms with E-state index in [0.29, 0.717) is 16.4 Å². The lowest BCUT2D eigenvalue weighted by molar-refractivity contribution is 0.101. The molecule has 0 fully saturated rings. The maximum atomic E-state index is 13.1. The second kappa shape index (κ2) is 7.71. The van der Waals surface area contributed by atoms with Gasteiger partial charge in [-0.05, 0) is 42.8 Å². The second-order valence-electron chi connectivity index (χ2n) is 6.39. The van der Waals surface area contributed by atoms with Crippen LogP contribution < -0.4 is 5.32 Å². The maximum absolute atomic E-state index is 13.1. The molecule has 4 rings (SSSR count). The third kappa shape index (κ3) is 3.55. The predicted molar refractivity (Wildman–Crippen MR) is 113 cm³/mol. The third-order valence-corrected chi connectivity index (χ3v) is 4.94. The molecule has 1 amide bonds. The summed E-state index contributed by atoms with van der Waals surface area (Å²) < 4.78 is 1.66. The van der Waals surface area contributed by atoms with Gasteiger partial charge in [-0.2, -0.15) is 5.10 Å². The number of anilines is 1. The van der Waals surface area contributed by atoms with Crippen LogP contribution in [0.3, 0.4) is 0 Å². The number of benzene rings is 3. The van der Waals surface area contributed by atoms with E-state index in [-0.39, 0.29) is 5.91 Å². The number of halogens is 1. The molecule has 0 atom stereocenters. The van der Waals surface area contributed by atoms with Crippen molar-refractivity contribution in [3.05, 3.63) is 101 Å². The van der Waals surface area contributed by atoms with Crippen molar-refractivity contribution in [2.75, 3.05) is 5.32 Å². The Bertz CT molecular complexity index is 1120. The van der Waals surface area contributed by atoms with Crippen molar-refractivity contribution in [3.63, 3.8) is 0 Å². The Labute approximate surface area is 168 Å². The Morgan fingerprint density at radius 2 is 1.61 bits per heavy atom. The van der Waals surface area contributed by atoms with E-state index in [0.717, 1.165) is 22.5 Å². The zero-order valence-electron chi connectivity index (χ0n) is 15.3. The summed E-state index contributed by atoms with van der Waals surface area (Å²) >= 11 is 6.19. The van der Waals surface area contributed by atoms with Crippen LogP contribution >= 0.6 is 11.6 Å². The highest BCUT2D eigenvalue weighted by Gasteiger charge is 2.18. The van der Waals surface area contributed by atoms with Gasteiger partial charge in [0.2, 0.25) is 0 Å². The van der Waals surface area contributed by atoms with Crippen molar-refractivity contribution in [2.24, 2.45) is 0 Å². The molecule has 3 aromatic carbocycles. The highest BCUT2D eigenvalue weighted by molar-refractivity contribution is 6.31. The van der Waals surface area contributed by atoms with Crippen LogP contribution in [0, 0.1) is 6.92 Å². The van der Waals surface area contributed by atoms with E-state index in [1.54, 1.807) is 16.8 Å². The van der Waals surface area contributed by atoms with E-state index in [1.165, 1.54) is 0 Å².